The SMILES string of the molecule is CCC(=O)[C@@H]1C[C@@](C)(CCC2CCCCC2)CN1C(C)(C)C. The van der Waals surface area contributed by atoms with Gasteiger partial charge in [0.25, 0.3) is 0 Å². The molecule has 1 aliphatic heterocycles. The fourth-order valence-corrected chi connectivity index (χ4v) is 4.60. The minimum absolute atomic E-state index is 0.0953. The van der Waals surface area contributed by atoms with Crippen molar-refractivity contribution in [1.29, 1.82) is 0 Å². The molecule has 0 aromatic heterocycles. The summed E-state index contributed by atoms with van der Waals surface area (Å²) in [4.78, 5) is 14.9. The van der Waals surface area contributed by atoms with E-state index in [0.717, 1.165) is 18.9 Å². The highest BCUT2D eigenvalue weighted by Gasteiger charge is 2.46. The number of carbonyl (C=O) groups excluding carboxylic acids is 1. The summed E-state index contributed by atoms with van der Waals surface area (Å²) in [6.45, 7) is 12.3. The highest BCUT2D eigenvalue weighted by Crippen LogP contribution is 2.44. The molecular weight excluding hydrogens is 270 g/mol. The first kappa shape index (κ1) is 18.0. The second-order valence-electron chi connectivity index (χ2n) is 9.19. The third-order valence-corrected chi connectivity index (χ3v) is 6.08. The summed E-state index contributed by atoms with van der Waals surface area (Å²) in [6, 6.07) is 0.154. The summed E-state index contributed by atoms with van der Waals surface area (Å²) in [6.07, 6.45) is 11.6. The van der Waals surface area contributed by atoms with Crippen LogP contribution >= 0.6 is 0 Å². The second kappa shape index (κ2) is 7.03. The van der Waals surface area contributed by atoms with Crippen molar-refractivity contribution in [2.24, 2.45) is 11.3 Å². The first-order valence-electron chi connectivity index (χ1n) is 9.55. The molecule has 2 fully saturated rings. The van der Waals surface area contributed by atoms with Gasteiger partial charge in [0.2, 0.25) is 0 Å². The second-order valence-corrected chi connectivity index (χ2v) is 9.19. The highest BCUT2D eigenvalue weighted by molar-refractivity contribution is 5.84. The van der Waals surface area contributed by atoms with E-state index in [4.69, 9.17) is 0 Å². The Labute approximate surface area is 138 Å². The molecule has 0 unspecified atom stereocenters. The van der Waals surface area contributed by atoms with Gasteiger partial charge in [-0.25, -0.2) is 0 Å². The Morgan fingerprint density at radius 1 is 1.18 bits per heavy atom. The van der Waals surface area contributed by atoms with E-state index in [1.165, 1.54) is 44.9 Å². The van der Waals surface area contributed by atoms with Crippen LogP contribution in [0, 0.1) is 11.3 Å². The lowest BCUT2D eigenvalue weighted by molar-refractivity contribution is -0.124. The first-order chi connectivity index (χ1) is 10.2. The molecule has 2 rings (SSSR count). The van der Waals surface area contributed by atoms with Crippen LogP contribution in [-0.2, 0) is 4.79 Å². The van der Waals surface area contributed by atoms with Crippen molar-refractivity contribution in [2.75, 3.05) is 6.54 Å². The van der Waals surface area contributed by atoms with E-state index in [9.17, 15) is 4.79 Å². The number of likely N-dealkylation sites (tertiary alicyclic amines) is 1. The lowest BCUT2D eigenvalue weighted by Gasteiger charge is -2.37. The lowest BCUT2D eigenvalue weighted by atomic mass is 9.77. The van der Waals surface area contributed by atoms with Gasteiger partial charge in [0.15, 0.2) is 0 Å². The minimum atomic E-state index is 0.0953. The van der Waals surface area contributed by atoms with Crippen molar-refractivity contribution < 1.29 is 4.79 Å². The molecule has 1 saturated heterocycles. The summed E-state index contributed by atoms with van der Waals surface area (Å²) in [5.41, 5.74) is 0.429. The normalized spacial score (nSPS) is 31.6. The Morgan fingerprint density at radius 3 is 2.36 bits per heavy atom. The Hall–Kier alpha value is -0.370. The van der Waals surface area contributed by atoms with Gasteiger partial charge in [-0.15, -0.1) is 0 Å². The van der Waals surface area contributed by atoms with E-state index in [1.54, 1.807) is 0 Å². The minimum Gasteiger partial charge on any atom is -0.298 e. The molecule has 1 heterocycles. The largest absolute Gasteiger partial charge is 0.298 e. The number of hydrogen-bond acceptors (Lipinski definition) is 2. The van der Waals surface area contributed by atoms with Crippen LogP contribution in [0.1, 0.15) is 92.4 Å². The molecular formula is C20H37NO. The molecule has 128 valence electrons. The number of hydrogen-bond donors (Lipinski definition) is 0. The number of rotatable bonds is 5. The molecule has 0 aromatic carbocycles. The van der Waals surface area contributed by atoms with Gasteiger partial charge < -0.3 is 0 Å². The molecule has 0 aromatic rings. The van der Waals surface area contributed by atoms with Gasteiger partial charge in [-0.05, 0) is 51.4 Å². The molecule has 22 heavy (non-hydrogen) atoms. The summed E-state index contributed by atoms with van der Waals surface area (Å²) in [5.74, 6) is 1.39. The van der Waals surface area contributed by atoms with Gasteiger partial charge in [-0.3, -0.25) is 9.69 Å². The zero-order valence-electron chi connectivity index (χ0n) is 15.6. The van der Waals surface area contributed by atoms with Crippen LogP contribution in [0.5, 0.6) is 0 Å². The maximum atomic E-state index is 12.4. The maximum absolute atomic E-state index is 12.4. The zero-order chi connectivity index (χ0) is 16.4. The monoisotopic (exact) mass is 307 g/mol. The van der Waals surface area contributed by atoms with Crippen molar-refractivity contribution >= 4 is 5.78 Å². The molecule has 0 spiro atoms. The summed E-state index contributed by atoms with van der Waals surface area (Å²) in [7, 11) is 0. The van der Waals surface area contributed by atoms with Crippen molar-refractivity contribution in [3.05, 3.63) is 0 Å². The van der Waals surface area contributed by atoms with Crippen LogP contribution in [0.3, 0.4) is 0 Å². The van der Waals surface area contributed by atoms with Crippen LogP contribution in [0.4, 0.5) is 0 Å². The van der Waals surface area contributed by atoms with Crippen molar-refractivity contribution in [3.8, 4) is 0 Å². The van der Waals surface area contributed by atoms with Gasteiger partial charge in [-0.2, -0.15) is 0 Å². The highest BCUT2D eigenvalue weighted by atomic mass is 16.1. The van der Waals surface area contributed by atoms with Gasteiger partial charge in [-0.1, -0.05) is 46.0 Å². The molecule has 2 atom stereocenters. The maximum Gasteiger partial charge on any atom is 0.149 e. The van der Waals surface area contributed by atoms with Crippen LogP contribution in [-0.4, -0.2) is 28.8 Å². The molecule has 2 heteroatoms. The summed E-state index contributed by atoms with van der Waals surface area (Å²) in [5, 5.41) is 0. The van der Waals surface area contributed by atoms with Gasteiger partial charge in [0.05, 0.1) is 6.04 Å². The zero-order valence-corrected chi connectivity index (χ0v) is 15.6. The molecule has 2 nitrogen and oxygen atoms in total. The van der Waals surface area contributed by atoms with Gasteiger partial charge in [0.1, 0.15) is 5.78 Å². The Balaban J connectivity index is 1.99. The smallest absolute Gasteiger partial charge is 0.149 e. The fraction of sp³-hybridized carbons (Fsp3) is 0.950. The van der Waals surface area contributed by atoms with Gasteiger partial charge >= 0.3 is 0 Å². The molecule has 0 amide bonds. The fourth-order valence-electron chi connectivity index (χ4n) is 4.60. The molecule has 0 N–H and O–H groups in total. The van der Waals surface area contributed by atoms with Crippen molar-refractivity contribution in [2.45, 2.75) is 104 Å². The standard InChI is InChI=1S/C20H37NO/c1-6-18(22)17-14-20(5,15-21(17)19(2,3)4)13-12-16-10-8-7-9-11-16/h16-17H,6-15H2,1-5H3/t17-,20+/m0/s1. The lowest BCUT2D eigenvalue weighted by Crippen LogP contribution is -2.48. The average Bonchev–Trinajstić information content (AvgIpc) is 2.84. The molecule has 0 radical (unpaired) electrons. The van der Waals surface area contributed by atoms with Crippen LogP contribution in [0.2, 0.25) is 0 Å². The number of carbonyl (C=O) groups is 1. The van der Waals surface area contributed by atoms with Crippen LogP contribution in [0.25, 0.3) is 0 Å². The predicted molar refractivity (Wildman–Crippen MR) is 94.1 cm³/mol. The van der Waals surface area contributed by atoms with Crippen molar-refractivity contribution in [1.82, 2.24) is 4.90 Å². The Bertz CT molecular complexity index is 378. The number of Topliss-reactive ketones (excluding diaryl/α,β-unsaturated/α-hetero) is 1. The van der Waals surface area contributed by atoms with E-state index in [0.29, 0.717) is 17.6 Å². The van der Waals surface area contributed by atoms with Crippen molar-refractivity contribution in [3.63, 3.8) is 0 Å². The molecule has 2 aliphatic rings. The first-order valence-corrected chi connectivity index (χ1v) is 9.55. The van der Waals surface area contributed by atoms with Crippen LogP contribution < -0.4 is 0 Å². The van der Waals surface area contributed by atoms with E-state index >= 15 is 0 Å². The quantitative estimate of drug-likeness (QED) is 0.695. The van der Waals surface area contributed by atoms with E-state index in [2.05, 4.69) is 32.6 Å². The molecule has 0 bridgehead atoms. The number of ketones is 1. The van der Waals surface area contributed by atoms with Crippen LogP contribution in [0.15, 0.2) is 0 Å². The summed E-state index contributed by atoms with van der Waals surface area (Å²) < 4.78 is 0. The predicted octanol–water partition coefficient (Wildman–Crippen LogP) is 5.21. The summed E-state index contributed by atoms with van der Waals surface area (Å²) >= 11 is 0. The topological polar surface area (TPSA) is 20.3 Å². The van der Waals surface area contributed by atoms with E-state index in [1.807, 2.05) is 6.92 Å². The van der Waals surface area contributed by atoms with E-state index in [-0.39, 0.29) is 11.6 Å². The third kappa shape index (κ3) is 4.34. The molecule has 1 aliphatic carbocycles. The third-order valence-electron chi connectivity index (χ3n) is 6.08. The molecule has 1 saturated carbocycles. The Morgan fingerprint density at radius 2 is 1.82 bits per heavy atom. The van der Waals surface area contributed by atoms with Gasteiger partial charge in [0, 0.05) is 18.5 Å². The average molecular weight is 308 g/mol. The number of nitrogens with zero attached hydrogens (tertiary/aromatic N) is 1. The Kier molecular flexibility index (Phi) is 5.74. The van der Waals surface area contributed by atoms with E-state index < -0.39 is 0 Å².